The van der Waals surface area contributed by atoms with E-state index in [0.29, 0.717) is 6.54 Å². The number of nitrogens with zero attached hydrogens (tertiary/aromatic N) is 3. The molecule has 0 atom stereocenters. The van der Waals surface area contributed by atoms with Crippen molar-refractivity contribution >= 4 is 17.0 Å². The second-order valence-corrected chi connectivity index (χ2v) is 7.33. The normalized spacial score (nSPS) is 15.3. The van der Waals surface area contributed by atoms with Crippen molar-refractivity contribution in [2.75, 3.05) is 20.8 Å². The molecule has 1 aromatic heterocycles. The van der Waals surface area contributed by atoms with Gasteiger partial charge >= 0.3 is 0 Å². The van der Waals surface area contributed by atoms with Crippen molar-refractivity contribution in [1.82, 2.24) is 4.68 Å². The summed E-state index contributed by atoms with van der Waals surface area (Å²) in [6.07, 6.45) is 8.90. The van der Waals surface area contributed by atoms with Crippen molar-refractivity contribution < 1.29 is 9.47 Å². The van der Waals surface area contributed by atoms with Crippen molar-refractivity contribution in [1.29, 1.82) is 0 Å². The standard InChI is InChI=1S/C21H27N3O2S/c1-4-13-22-21-24(23-16-9-7-5-6-8-10-16)19(15-27-21)18-14-17(25-2)11-12-20(18)26-3/h4,11-12,14-15H,1,5-10,13H2,2-3H3. The summed E-state index contributed by atoms with van der Waals surface area (Å²) >= 11 is 1.58. The van der Waals surface area contributed by atoms with Crippen LogP contribution in [0.15, 0.2) is 46.3 Å². The van der Waals surface area contributed by atoms with E-state index in [1.54, 1.807) is 31.6 Å². The molecule has 27 heavy (non-hydrogen) atoms. The molecule has 0 saturated heterocycles. The Morgan fingerprint density at radius 3 is 2.59 bits per heavy atom. The van der Waals surface area contributed by atoms with Gasteiger partial charge in [0, 0.05) is 16.7 Å². The van der Waals surface area contributed by atoms with Crippen molar-refractivity contribution in [2.45, 2.75) is 38.5 Å². The molecule has 1 saturated carbocycles. The SMILES string of the molecule is C=CCN=c1scc(-c2cc(OC)ccc2OC)n1N=C1CCCCCC1. The fourth-order valence-electron chi connectivity index (χ4n) is 3.22. The Bertz CT molecular complexity index is 870. The van der Waals surface area contributed by atoms with Crippen LogP contribution >= 0.6 is 11.3 Å². The van der Waals surface area contributed by atoms with Gasteiger partial charge in [-0.1, -0.05) is 18.9 Å². The minimum absolute atomic E-state index is 0.569. The largest absolute Gasteiger partial charge is 0.497 e. The van der Waals surface area contributed by atoms with Crippen LogP contribution in [-0.4, -0.2) is 31.2 Å². The van der Waals surface area contributed by atoms with E-state index in [2.05, 4.69) is 17.0 Å². The van der Waals surface area contributed by atoms with Gasteiger partial charge in [-0.2, -0.15) is 5.10 Å². The third-order valence-corrected chi connectivity index (χ3v) is 5.50. The number of thiazole rings is 1. The van der Waals surface area contributed by atoms with Crippen molar-refractivity contribution in [3.05, 3.63) is 41.0 Å². The van der Waals surface area contributed by atoms with Gasteiger partial charge in [-0.3, -0.25) is 4.99 Å². The van der Waals surface area contributed by atoms with Gasteiger partial charge in [-0.05, 0) is 43.9 Å². The molecule has 1 aromatic carbocycles. The number of hydrogen-bond donors (Lipinski definition) is 0. The number of rotatable bonds is 6. The molecule has 0 aliphatic heterocycles. The summed E-state index contributed by atoms with van der Waals surface area (Å²) in [5.74, 6) is 1.58. The van der Waals surface area contributed by atoms with Crippen LogP contribution in [0.25, 0.3) is 11.3 Å². The summed E-state index contributed by atoms with van der Waals surface area (Å²) in [7, 11) is 3.35. The zero-order chi connectivity index (χ0) is 19.1. The lowest BCUT2D eigenvalue weighted by atomic mass is 10.1. The Hall–Kier alpha value is -2.34. The van der Waals surface area contributed by atoms with E-state index in [-0.39, 0.29) is 0 Å². The molecule has 1 fully saturated rings. The molecule has 3 rings (SSSR count). The molecule has 6 heteroatoms. The Balaban J connectivity index is 2.15. The van der Waals surface area contributed by atoms with Crippen LogP contribution in [0.1, 0.15) is 38.5 Å². The van der Waals surface area contributed by atoms with Crippen molar-refractivity contribution in [3.8, 4) is 22.8 Å². The van der Waals surface area contributed by atoms with Crippen LogP contribution in [0.2, 0.25) is 0 Å². The molecule has 0 amide bonds. The van der Waals surface area contributed by atoms with Crippen LogP contribution in [0.4, 0.5) is 0 Å². The number of aromatic nitrogens is 1. The summed E-state index contributed by atoms with van der Waals surface area (Å²) in [4.78, 5) is 5.51. The van der Waals surface area contributed by atoms with Crippen LogP contribution in [0.3, 0.4) is 0 Å². The first-order valence-corrected chi connectivity index (χ1v) is 10.3. The van der Waals surface area contributed by atoms with E-state index in [4.69, 9.17) is 14.6 Å². The summed E-state index contributed by atoms with van der Waals surface area (Å²) in [6.45, 7) is 4.35. The van der Waals surface area contributed by atoms with Gasteiger partial charge in [0.15, 0.2) is 0 Å². The second kappa shape index (κ2) is 9.55. The molecular weight excluding hydrogens is 358 g/mol. The van der Waals surface area contributed by atoms with E-state index in [0.717, 1.165) is 40.4 Å². The molecule has 0 bridgehead atoms. The van der Waals surface area contributed by atoms with Gasteiger partial charge in [0.1, 0.15) is 11.5 Å². The van der Waals surface area contributed by atoms with Crippen LogP contribution < -0.4 is 14.3 Å². The summed E-state index contributed by atoms with van der Waals surface area (Å²) in [5.41, 5.74) is 3.16. The molecule has 0 radical (unpaired) electrons. The summed E-state index contributed by atoms with van der Waals surface area (Å²) in [5, 5.41) is 7.10. The smallest absolute Gasteiger partial charge is 0.206 e. The Morgan fingerprint density at radius 2 is 1.93 bits per heavy atom. The van der Waals surface area contributed by atoms with Crippen molar-refractivity contribution in [3.63, 3.8) is 0 Å². The van der Waals surface area contributed by atoms with Crippen molar-refractivity contribution in [2.24, 2.45) is 10.1 Å². The predicted octanol–water partition coefficient (Wildman–Crippen LogP) is 4.88. The third kappa shape index (κ3) is 4.69. The zero-order valence-corrected chi connectivity index (χ0v) is 16.9. The lowest BCUT2D eigenvalue weighted by Gasteiger charge is -2.12. The molecule has 0 unspecified atom stereocenters. The van der Waals surface area contributed by atoms with Gasteiger partial charge in [-0.15, -0.1) is 17.9 Å². The topological polar surface area (TPSA) is 48.1 Å². The molecule has 1 heterocycles. The minimum atomic E-state index is 0.569. The Kier molecular flexibility index (Phi) is 6.87. The highest BCUT2D eigenvalue weighted by molar-refractivity contribution is 7.07. The number of hydrogen-bond acceptors (Lipinski definition) is 5. The van der Waals surface area contributed by atoms with Gasteiger partial charge in [0.05, 0.1) is 26.5 Å². The summed E-state index contributed by atoms with van der Waals surface area (Å²) < 4.78 is 13.0. The highest BCUT2D eigenvalue weighted by Crippen LogP contribution is 2.34. The van der Waals surface area contributed by atoms with E-state index >= 15 is 0 Å². The minimum Gasteiger partial charge on any atom is -0.497 e. The lowest BCUT2D eigenvalue weighted by molar-refractivity contribution is 0.404. The molecule has 5 nitrogen and oxygen atoms in total. The van der Waals surface area contributed by atoms with Gasteiger partial charge < -0.3 is 9.47 Å². The van der Waals surface area contributed by atoms with Gasteiger partial charge in [0.2, 0.25) is 4.80 Å². The maximum absolute atomic E-state index is 5.60. The van der Waals surface area contributed by atoms with Crippen LogP contribution in [0.5, 0.6) is 11.5 Å². The second-order valence-electron chi connectivity index (χ2n) is 6.49. The Morgan fingerprint density at radius 1 is 1.15 bits per heavy atom. The zero-order valence-electron chi connectivity index (χ0n) is 16.1. The molecule has 1 aliphatic carbocycles. The molecule has 1 aliphatic rings. The molecule has 144 valence electrons. The average Bonchev–Trinajstić information content (AvgIpc) is 2.90. The highest BCUT2D eigenvalue weighted by Gasteiger charge is 2.15. The van der Waals surface area contributed by atoms with Gasteiger partial charge in [-0.25, -0.2) is 4.68 Å². The molecule has 0 spiro atoms. The average molecular weight is 386 g/mol. The molecule has 0 N–H and O–H groups in total. The molecular formula is C21H27N3O2S. The molecule has 2 aromatic rings. The van der Waals surface area contributed by atoms with Crippen LogP contribution in [-0.2, 0) is 0 Å². The fraction of sp³-hybridized carbons (Fsp3) is 0.429. The monoisotopic (exact) mass is 385 g/mol. The van der Waals surface area contributed by atoms with Crippen LogP contribution in [0, 0.1) is 0 Å². The maximum Gasteiger partial charge on any atom is 0.206 e. The number of benzene rings is 1. The Labute approximate surface area is 164 Å². The van der Waals surface area contributed by atoms with E-state index in [1.165, 1.54) is 31.4 Å². The highest BCUT2D eigenvalue weighted by atomic mass is 32.1. The quantitative estimate of drug-likeness (QED) is 0.526. The summed E-state index contributed by atoms with van der Waals surface area (Å²) in [6, 6.07) is 5.82. The predicted molar refractivity (Wildman–Crippen MR) is 112 cm³/mol. The first kappa shape index (κ1) is 19.4. The van der Waals surface area contributed by atoms with E-state index in [9.17, 15) is 0 Å². The maximum atomic E-state index is 5.60. The van der Waals surface area contributed by atoms with E-state index in [1.807, 2.05) is 22.9 Å². The van der Waals surface area contributed by atoms with Gasteiger partial charge in [0.25, 0.3) is 0 Å². The first-order valence-electron chi connectivity index (χ1n) is 9.38. The number of ether oxygens (including phenoxy) is 2. The number of methoxy groups -OCH3 is 2. The lowest BCUT2D eigenvalue weighted by Crippen LogP contribution is -2.15. The fourth-order valence-corrected chi connectivity index (χ4v) is 4.06. The first-order chi connectivity index (χ1) is 13.3. The van der Waals surface area contributed by atoms with E-state index < -0.39 is 0 Å². The third-order valence-electron chi connectivity index (χ3n) is 4.65.